The van der Waals surface area contributed by atoms with Crippen molar-refractivity contribution in [3.63, 3.8) is 0 Å². The third kappa shape index (κ3) is 7.38. The molecule has 0 atom stereocenters. The summed E-state index contributed by atoms with van der Waals surface area (Å²) in [7, 11) is -1.30. The van der Waals surface area contributed by atoms with Crippen LogP contribution >= 0.6 is 11.3 Å². The third-order valence-corrected chi connectivity index (χ3v) is 11.3. The molecule has 0 N–H and O–H groups in total. The number of hydrogen-bond donors (Lipinski definition) is 0. The number of thiophene rings is 1. The normalized spacial score (nSPS) is 13.5. The zero-order chi connectivity index (χ0) is 29.1. The third-order valence-electron chi connectivity index (χ3n) is 8.10. The molecule has 0 unspecified atom stereocenters. The van der Waals surface area contributed by atoms with Gasteiger partial charge in [0.1, 0.15) is 0 Å². The van der Waals surface area contributed by atoms with Gasteiger partial charge in [-0.25, -0.2) is 0 Å². The maximum Gasteiger partial charge on any atom is 0.0795 e. The van der Waals surface area contributed by atoms with Crippen LogP contribution in [-0.2, 0) is 26.5 Å². The van der Waals surface area contributed by atoms with Crippen molar-refractivity contribution in [1.82, 2.24) is 9.97 Å². The molecule has 0 bridgehead atoms. The van der Waals surface area contributed by atoms with E-state index in [2.05, 4.69) is 90.3 Å². The number of fused-ring (bicyclic) bond motifs is 3. The largest absolute Gasteiger partial charge is 0.305 e. The van der Waals surface area contributed by atoms with Crippen molar-refractivity contribution in [2.24, 2.45) is 5.92 Å². The minimum atomic E-state index is -1.30. The van der Waals surface area contributed by atoms with E-state index in [0.717, 1.165) is 28.4 Å². The Kier molecular flexibility index (Phi) is 10.0. The Morgan fingerprint density at radius 2 is 1.70 bits per heavy atom. The van der Waals surface area contributed by atoms with Crippen molar-refractivity contribution < 1.29 is 24.5 Å². The molecule has 6 heteroatoms. The summed E-state index contributed by atoms with van der Waals surface area (Å²) in [6.45, 7) is 6.86. The first-order valence-corrected chi connectivity index (χ1v) is 19.1. The molecule has 7 rings (SSSR count). The molecule has 3 aromatic carbocycles. The standard InChI is InChI=1S/C23H20NS.C14H15FNSi.Ir/c1-2-7-16(6-1)14-17-12-13-24-21(15-17)20-10-5-9-19-18-8-3-4-11-22(18)25-23(19)20;1-17(2,3)13-8-9-14(16-10-13)11-4-6-12(15)7-5-11;/h3-5,8-9,11-13,15-16H,1-2,6-7,14H2;4,6-10H,1-3H3;/q2*-1;. The molecule has 1 aliphatic carbocycles. The summed E-state index contributed by atoms with van der Waals surface area (Å²) in [5.74, 6) is 0.590. The van der Waals surface area contributed by atoms with Crippen LogP contribution in [0.1, 0.15) is 31.2 Å². The Labute approximate surface area is 272 Å². The number of rotatable bonds is 5. The smallest absolute Gasteiger partial charge is 0.0795 e. The van der Waals surface area contributed by atoms with Gasteiger partial charge in [-0.15, -0.1) is 53.6 Å². The van der Waals surface area contributed by atoms with Crippen LogP contribution in [0.2, 0.25) is 19.6 Å². The van der Waals surface area contributed by atoms with Crippen LogP contribution in [0.3, 0.4) is 0 Å². The van der Waals surface area contributed by atoms with E-state index >= 15 is 0 Å². The summed E-state index contributed by atoms with van der Waals surface area (Å²) in [6.07, 6.45) is 10.7. The number of benzene rings is 3. The molecule has 0 aliphatic heterocycles. The quantitative estimate of drug-likeness (QED) is 0.129. The van der Waals surface area contributed by atoms with Crippen LogP contribution in [0.25, 0.3) is 42.7 Å². The van der Waals surface area contributed by atoms with Gasteiger partial charge in [0.15, 0.2) is 0 Å². The molecule has 43 heavy (non-hydrogen) atoms. The maximum absolute atomic E-state index is 12.8. The van der Waals surface area contributed by atoms with E-state index in [-0.39, 0.29) is 25.9 Å². The van der Waals surface area contributed by atoms with Crippen molar-refractivity contribution in [2.75, 3.05) is 0 Å². The molecule has 6 aromatic rings. The van der Waals surface area contributed by atoms with Crippen molar-refractivity contribution in [1.29, 1.82) is 0 Å². The van der Waals surface area contributed by atoms with Gasteiger partial charge >= 0.3 is 0 Å². The number of pyridine rings is 2. The summed E-state index contributed by atoms with van der Waals surface area (Å²) in [4.78, 5) is 9.11. The Morgan fingerprint density at radius 3 is 2.42 bits per heavy atom. The molecular weight excluding hydrogens is 744 g/mol. The van der Waals surface area contributed by atoms with Crippen molar-refractivity contribution >= 4 is 44.8 Å². The van der Waals surface area contributed by atoms with E-state index in [9.17, 15) is 4.39 Å². The first-order chi connectivity index (χ1) is 20.3. The molecule has 1 saturated carbocycles. The predicted octanol–water partition coefficient (Wildman–Crippen LogP) is 9.88. The van der Waals surface area contributed by atoms with Crippen LogP contribution in [0.15, 0.2) is 91.3 Å². The van der Waals surface area contributed by atoms with E-state index in [4.69, 9.17) is 0 Å². The predicted molar refractivity (Wildman–Crippen MR) is 179 cm³/mol. The molecule has 3 heterocycles. The van der Waals surface area contributed by atoms with E-state index < -0.39 is 8.07 Å². The van der Waals surface area contributed by atoms with Crippen molar-refractivity contribution in [3.8, 4) is 22.5 Å². The molecule has 0 amide bonds. The zero-order valence-corrected chi connectivity index (χ0v) is 29.0. The van der Waals surface area contributed by atoms with Crippen LogP contribution < -0.4 is 5.19 Å². The van der Waals surface area contributed by atoms with Crippen LogP contribution in [-0.4, -0.2) is 18.0 Å². The topological polar surface area (TPSA) is 25.8 Å². The van der Waals surface area contributed by atoms with Crippen LogP contribution in [0.4, 0.5) is 4.39 Å². The molecular formula is C37H35FIrN2SSi-2. The SMILES string of the molecule is C[Si](C)(C)c1ccc(-c2[c-]cc(F)cc2)nc1.[Ir].[c-]1ccc2c(sc3ccccc32)c1-c1cc(CC2CCCC2)ccn1. The molecule has 0 saturated heterocycles. The first-order valence-electron chi connectivity index (χ1n) is 14.8. The van der Waals surface area contributed by atoms with Gasteiger partial charge in [0.25, 0.3) is 0 Å². The molecule has 0 spiro atoms. The van der Waals surface area contributed by atoms with Gasteiger partial charge in [0.2, 0.25) is 0 Å². The molecule has 3 aromatic heterocycles. The summed E-state index contributed by atoms with van der Waals surface area (Å²) in [5.41, 5.74) is 5.29. The zero-order valence-electron chi connectivity index (χ0n) is 24.8. The van der Waals surface area contributed by atoms with Crippen LogP contribution in [0, 0.1) is 23.9 Å². The fourth-order valence-electron chi connectivity index (χ4n) is 5.73. The second kappa shape index (κ2) is 13.7. The van der Waals surface area contributed by atoms with Crippen molar-refractivity contribution in [3.05, 3.63) is 115 Å². The first kappa shape index (κ1) is 31.4. The van der Waals surface area contributed by atoms with Crippen molar-refractivity contribution in [2.45, 2.75) is 51.7 Å². The minimum Gasteiger partial charge on any atom is -0.305 e. The van der Waals surface area contributed by atoms with Gasteiger partial charge < -0.3 is 9.97 Å². The van der Waals surface area contributed by atoms with E-state index in [1.807, 2.05) is 35.9 Å². The Morgan fingerprint density at radius 1 is 0.884 bits per heavy atom. The molecule has 1 radical (unpaired) electrons. The van der Waals surface area contributed by atoms with E-state index in [1.54, 1.807) is 6.07 Å². The molecule has 1 aliphatic rings. The number of halogens is 1. The van der Waals surface area contributed by atoms with Crippen LogP contribution in [0.5, 0.6) is 0 Å². The number of hydrogen-bond acceptors (Lipinski definition) is 3. The summed E-state index contributed by atoms with van der Waals surface area (Å²) < 4.78 is 15.4. The minimum absolute atomic E-state index is 0. The van der Waals surface area contributed by atoms with E-state index in [0.29, 0.717) is 0 Å². The Bertz CT molecular complexity index is 1800. The van der Waals surface area contributed by atoms with Gasteiger partial charge in [-0.1, -0.05) is 92.7 Å². The second-order valence-electron chi connectivity index (χ2n) is 12.2. The fraction of sp³-hybridized carbons (Fsp3) is 0.243. The number of nitrogens with zero attached hydrogens (tertiary/aromatic N) is 2. The Hall–Kier alpha value is -3.02. The van der Waals surface area contributed by atoms with E-state index in [1.165, 1.54) is 75.2 Å². The molecule has 221 valence electrons. The summed E-state index contributed by atoms with van der Waals surface area (Å²) >= 11 is 1.85. The average molecular weight is 779 g/mol. The van der Waals surface area contributed by atoms with Gasteiger partial charge in [0.05, 0.1) is 8.07 Å². The summed E-state index contributed by atoms with van der Waals surface area (Å²) in [6, 6.07) is 32.2. The van der Waals surface area contributed by atoms with Gasteiger partial charge in [-0.2, -0.15) is 11.3 Å². The van der Waals surface area contributed by atoms with Gasteiger partial charge in [0, 0.05) is 43.0 Å². The monoisotopic (exact) mass is 779 g/mol. The summed E-state index contributed by atoms with van der Waals surface area (Å²) in [5, 5.41) is 3.97. The molecule has 1 fully saturated rings. The fourth-order valence-corrected chi connectivity index (χ4v) is 7.97. The Balaban J connectivity index is 0.000000180. The second-order valence-corrected chi connectivity index (χ2v) is 18.3. The molecule has 2 nitrogen and oxygen atoms in total. The van der Waals surface area contributed by atoms with Gasteiger partial charge in [-0.3, -0.25) is 4.39 Å². The number of aromatic nitrogens is 2. The van der Waals surface area contributed by atoms with Gasteiger partial charge in [-0.05, 0) is 51.1 Å². The maximum atomic E-state index is 12.8. The average Bonchev–Trinajstić information content (AvgIpc) is 3.65.